The quantitative estimate of drug-likeness (QED) is 0.121. The SMILES string of the molecule is Cc1c(COc2cc(OCc3cncc(C#N)c3)c(CN3CCCC[C@H]3C)cc2Cl)cccc1-c1cccc(OCCCN2CCCC(C(N)=O)C2)c1C. The number of ether oxygens (including phenoxy) is 3. The molecule has 0 saturated carbocycles. The molecule has 10 heteroatoms. The van der Waals surface area contributed by atoms with Crippen molar-refractivity contribution in [1.29, 1.82) is 5.26 Å². The summed E-state index contributed by atoms with van der Waals surface area (Å²) in [5.41, 5.74) is 13.4. The predicted molar refractivity (Wildman–Crippen MR) is 213 cm³/mol. The monoisotopic (exact) mass is 749 g/mol. The summed E-state index contributed by atoms with van der Waals surface area (Å²) in [6, 6.07) is 20.8. The number of amides is 1. The molecule has 9 nitrogen and oxygen atoms in total. The van der Waals surface area contributed by atoms with Gasteiger partial charge in [-0.3, -0.25) is 14.7 Å². The molecule has 1 aromatic heterocycles. The molecule has 0 bridgehead atoms. The van der Waals surface area contributed by atoms with Crippen LogP contribution in [0.3, 0.4) is 0 Å². The smallest absolute Gasteiger partial charge is 0.221 e. The number of primary amides is 1. The Morgan fingerprint density at radius 1 is 0.907 bits per heavy atom. The standard InChI is InChI=1S/C44H52ClN5O4/c1-30-10-4-5-18-50(30)27-37-21-40(45)43(22-42(37)53-28-34-20-33(23-46)24-48-25-34)54-29-36-11-6-13-38(31(36)2)39-14-7-15-41(32(39)3)52-19-9-17-49-16-8-12-35(26-49)44(47)51/h6-7,11,13-15,20-22,24-25,30,35H,4-5,8-10,12,16-19,26-29H2,1-3H3,(H2,47,51)/t30-,35?/m1/s1. The zero-order valence-electron chi connectivity index (χ0n) is 31.8. The van der Waals surface area contributed by atoms with Crippen molar-refractivity contribution in [3.8, 4) is 34.4 Å². The second-order valence-corrected chi connectivity index (χ2v) is 15.1. The molecule has 2 atom stereocenters. The molecule has 3 heterocycles. The molecule has 2 N–H and O–H groups in total. The van der Waals surface area contributed by atoms with Gasteiger partial charge in [0.25, 0.3) is 0 Å². The van der Waals surface area contributed by atoms with Crippen LogP contribution in [0.25, 0.3) is 11.1 Å². The number of nitriles is 1. The Labute approximate surface area is 325 Å². The van der Waals surface area contributed by atoms with Crippen molar-refractivity contribution in [2.75, 3.05) is 32.8 Å². The maximum absolute atomic E-state index is 11.7. The first-order valence-electron chi connectivity index (χ1n) is 19.2. The molecule has 6 rings (SSSR count). The Kier molecular flexibility index (Phi) is 13.5. The lowest BCUT2D eigenvalue weighted by atomic mass is 9.93. The molecule has 2 aliphatic heterocycles. The zero-order valence-corrected chi connectivity index (χ0v) is 32.5. The van der Waals surface area contributed by atoms with Crippen molar-refractivity contribution in [1.82, 2.24) is 14.8 Å². The maximum atomic E-state index is 11.7. The summed E-state index contributed by atoms with van der Waals surface area (Å²) >= 11 is 6.92. The lowest BCUT2D eigenvalue weighted by molar-refractivity contribution is -0.123. The fourth-order valence-electron chi connectivity index (χ4n) is 7.66. The van der Waals surface area contributed by atoms with Gasteiger partial charge < -0.3 is 24.8 Å². The van der Waals surface area contributed by atoms with Crippen LogP contribution in [0.15, 0.2) is 67.0 Å². The van der Waals surface area contributed by atoms with Crippen LogP contribution in [-0.2, 0) is 24.6 Å². The first-order chi connectivity index (χ1) is 26.2. The summed E-state index contributed by atoms with van der Waals surface area (Å²) in [5, 5.41) is 9.90. The van der Waals surface area contributed by atoms with Gasteiger partial charge in [0.1, 0.15) is 36.5 Å². The number of nitrogens with two attached hydrogens (primary N) is 1. The van der Waals surface area contributed by atoms with E-state index in [1.54, 1.807) is 18.5 Å². The summed E-state index contributed by atoms with van der Waals surface area (Å²) < 4.78 is 19.1. The predicted octanol–water partition coefficient (Wildman–Crippen LogP) is 8.39. The van der Waals surface area contributed by atoms with E-state index in [1.807, 2.05) is 24.3 Å². The summed E-state index contributed by atoms with van der Waals surface area (Å²) in [6.45, 7) is 12.1. The van der Waals surface area contributed by atoms with Crippen LogP contribution in [0.4, 0.5) is 0 Å². The molecule has 2 saturated heterocycles. The van der Waals surface area contributed by atoms with Crippen molar-refractivity contribution in [3.05, 3.63) is 105 Å². The van der Waals surface area contributed by atoms with Gasteiger partial charge >= 0.3 is 0 Å². The van der Waals surface area contributed by atoms with E-state index < -0.39 is 0 Å². The van der Waals surface area contributed by atoms with Gasteiger partial charge in [-0.1, -0.05) is 48.4 Å². The van der Waals surface area contributed by atoms with Crippen LogP contribution in [0, 0.1) is 31.1 Å². The van der Waals surface area contributed by atoms with Crippen LogP contribution in [0.1, 0.15) is 78.8 Å². The number of carbonyl (C=O) groups is 1. The second-order valence-electron chi connectivity index (χ2n) is 14.7. The third-order valence-corrected chi connectivity index (χ3v) is 11.2. The van der Waals surface area contributed by atoms with E-state index in [9.17, 15) is 10.1 Å². The molecule has 54 heavy (non-hydrogen) atoms. The molecule has 2 fully saturated rings. The van der Waals surface area contributed by atoms with Crippen LogP contribution in [0.2, 0.25) is 5.02 Å². The van der Waals surface area contributed by atoms with Crippen LogP contribution in [-0.4, -0.2) is 59.5 Å². The maximum Gasteiger partial charge on any atom is 0.221 e. The van der Waals surface area contributed by atoms with Gasteiger partial charge in [-0.05, 0) is 112 Å². The van der Waals surface area contributed by atoms with E-state index in [0.29, 0.717) is 41.3 Å². The fourth-order valence-corrected chi connectivity index (χ4v) is 7.90. The van der Waals surface area contributed by atoms with Crippen LogP contribution >= 0.6 is 11.6 Å². The number of hydrogen-bond donors (Lipinski definition) is 1. The first kappa shape index (κ1) is 39.1. The van der Waals surface area contributed by atoms with Crippen molar-refractivity contribution in [2.24, 2.45) is 11.7 Å². The number of aromatic nitrogens is 1. The Morgan fingerprint density at radius 2 is 1.70 bits per heavy atom. The number of carbonyl (C=O) groups excluding carboxylic acids is 1. The number of likely N-dealkylation sites (tertiary alicyclic amines) is 2. The van der Waals surface area contributed by atoms with Crippen molar-refractivity contribution < 1.29 is 19.0 Å². The molecule has 3 aromatic carbocycles. The van der Waals surface area contributed by atoms with Crippen molar-refractivity contribution in [2.45, 2.75) is 85.1 Å². The van der Waals surface area contributed by atoms with Gasteiger partial charge in [-0.2, -0.15) is 5.26 Å². The van der Waals surface area contributed by atoms with Crippen LogP contribution in [0.5, 0.6) is 17.2 Å². The van der Waals surface area contributed by atoms with Crippen molar-refractivity contribution >= 4 is 17.5 Å². The number of rotatable bonds is 15. The number of pyridine rings is 1. The Balaban J connectivity index is 1.14. The Morgan fingerprint density at radius 3 is 2.50 bits per heavy atom. The van der Waals surface area contributed by atoms with E-state index in [2.05, 4.69) is 65.9 Å². The van der Waals surface area contributed by atoms with Gasteiger partial charge in [-0.25, -0.2) is 0 Å². The fraction of sp³-hybridized carbons (Fsp3) is 0.432. The molecule has 284 valence electrons. The molecule has 0 spiro atoms. The lowest BCUT2D eigenvalue weighted by Crippen LogP contribution is -2.41. The number of hydrogen-bond acceptors (Lipinski definition) is 8. The van der Waals surface area contributed by atoms with Crippen LogP contribution < -0.4 is 19.9 Å². The average Bonchev–Trinajstić information content (AvgIpc) is 3.18. The summed E-state index contributed by atoms with van der Waals surface area (Å²) in [5.74, 6) is 1.89. The number of halogens is 1. The van der Waals surface area contributed by atoms with Gasteiger partial charge in [0, 0.05) is 55.3 Å². The Hall–Kier alpha value is -4.62. The molecule has 1 amide bonds. The zero-order chi connectivity index (χ0) is 38.0. The highest BCUT2D eigenvalue weighted by atomic mass is 35.5. The normalized spacial score (nSPS) is 17.8. The van der Waals surface area contributed by atoms with E-state index in [4.69, 9.17) is 31.5 Å². The number of nitrogens with zero attached hydrogens (tertiary/aromatic N) is 4. The topological polar surface area (TPSA) is 114 Å². The minimum absolute atomic E-state index is 0.0475. The molecule has 2 aliphatic rings. The summed E-state index contributed by atoms with van der Waals surface area (Å²) in [6.07, 6.45) is 9.63. The largest absolute Gasteiger partial charge is 0.493 e. The van der Waals surface area contributed by atoms with E-state index in [0.717, 1.165) is 96.7 Å². The van der Waals surface area contributed by atoms with Gasteiger partial charge in [-0.15, -0.1) is 0 Å². The highest BCUT2D eigenvalue weighted by Crippen LogP contribution is 2.37. The second kappa shape index (κ2) is 18.6. The molecule has 4 aromatic rings. The van der Waals surface area contributed by atoms with Gasteiger partial charge in [0.05, 0.1) is 23.1 Å². The van der Waals surface area contributed by atoms with E-state index in [-0.39, 0.29) is 18.4 Å². The van der Waals surface area contributed by atoms with Gasteiger partial charge in [0.15, 0.2) is 0 Å². The molecule has 0 aliphatic carbocycles. The lowest BCUT2D eigenvalue weighted by Gasteiger charge is -2.33. The minimum Gasteiger partial charge on any atom is -0.493 e. The Bertz CT molecular complexity index is 1960. The first-order valence-corrected chi connectivity index (χ1v) is 19.6. The molecular formula is C44H52ClN5O4. The molecular weight excluding hydrogens is 698 g/mol. The minimum atomic E-state index is -0.196. The highest BCUT2D eigenvalue weighted by Gasteiger charge is 2.24. The number of benzene rings is 3. The van der Waals surface area contributed by atoms with E-state index in [1.165, 1.54) is 19.3 Å². The highest BCUT2D eigenvalue weighted by molar-refractivity contribution is 6.32. The number of piperidine rings is 2. The average molecular weight is 750 g/mol. The van der Waals surface area contributed by atoms with E-state index >= 15 is 0 Å². The third kappa shape index (κ3) is 9.92. The van der Waals surface area contributed by atoms with Gasteiger partial charge in [0.2, 0.25) is 5.91 Å². The molecule has 1 unspecified atom stereocenters. The molecule has 0 radical (unpaired) electrons. The van der Waals surface area contributed by atoms with Crippen molar-refractivity contribution in [3.63, 3.8) is 0 Å². The summed E-state index contributed by atoms with van der Waals surface area (Å²) in [4.78, 5) is 20.7. The third-order valence-electron chi connectivity index (χ3n) is 10.9. The summed E-state index contributed by atoms with van der Waals surface area (Å²) in [7, 11) is 0.